The highest BCUT2D eigenvalue weighted by Crippen LogP contribution is 2.69. The van der Waals surface area contributed by atoms with Crippen molar-refractivity contribution in [2.75, 3.05) is 27.7 Å². The third-order valence-corrected chi connectivity index (χ3v) is 7.42. The lowest BCUT2D eigenvalue weighted by molar-refractivity contribution is -0.152. The minimum absolute atomic E-state index is 0.0585. The maximum atomic E-state index is 12.7. The van der Waals surface area contributed by atoms with Gasteiger partial charge in [-0.1, -0.05) is 65.6 Å². The lowest BCUT2D eigenvalue weighted by Gasteiger charge is -2.40. The second kappa shape index (κ2) is 8.51. The van der Waals surface area contributed by atoms with E-state index in [0.717, 1.165) is 5.56 Å². The summed E-state index contributed by atoms with van der Waals surface area (Å²) in [5, 5.41) is 25.2. The summed E-state index contributed by atoms with van der Waals surface area (Å²) in [6.45, 7) is 7.96. The van der Waals surface area contributed by atoms with Crippen LogP contribution in [0.15, 0.2) is 60.7 Å². The van der Waals surface area contributed by atoms with Gasteiger partial charge in [0.05, 0.1) is 13.2 Å². The van der Waals surface area contributed by atoms with Crippen molar-refractivity contribution in [2.24, 2.45) is 5.92 Å². The minimum atomic E-state index is -1.92. The van der Waals surface area contributed by atoms with Crippen LogP contribution >= 0.6 is 11.6 Å². The van der Waals surface area contributed by atoms with Gasteiger partial charge in [-0.15, -0.1) is 0 Å². The Morgan fingerprint density at radius 3 is 2.46 bits per heavy atom. The van der Waals surface area contributed by atoms with Gasteiger partial charge >= 0.3 is 5.88 Å². The summed E-state index contributed by atoms with van der Waals surface area (Å²) in [6, 6.07) is 18.4. The number of aliphatic hydroxyl groups excluding tert-OH is 1. The second-order valence-corrected chi connectivity index (χ2v) is 9.78. The number of halogens is 1. The molecule has 2 N–H and O–H groups in total. The number of benzene rings is 2. The zero-order valence-electron chi connectivity index (χ0n) is 19.6. The zero-order valence-corrected chi connectivity index (χ0v) is 20.4. The van der Waals surface area contributed by atoms with Gasteiger partial charge in [-0.25, -0.2) is 0 Å². The highest BCUT2D eigenvalue weighted by atomic mass is 35.5. The molecule has 1 saturated carbocycles. The Bertz CT molecular complexity index is 1290. The van der Waals surface area contributed by atoms with Crippen molar-refractivity contribution in [1.82, 2.24) is 9.88 Å². The lowest BCUT2D eigenvalue weighted by atomic mass is 9.71. The Morgan fingerprint density at radius 1 is 1.17 bits per heavy atom. The monoisotopic (exact) mass is 491 g/mol. The molecular weight excluding hydrogens is 466 g/mol. The highest BCUT2D eigenvalue weighted by molar-refractivity contribution is 6.30. The number of rotatable bonds is 5. The summed E-state index contributed by atoms with van der Waals surface area (Å²) < 4.78 is 12.3. The minimum Gasteiger partial charge on any atom is -0.479 e. The summed E-state index contributed by atoms with van der Waals surface area (Å²) in [7, 11) is 5.29. The van der Waals surface area contributed by atoms with Crippen LogP contribution in [0.2, 0.25) is 5.02 Å². The molecule has 5 atom stereocenters. The van der Waals surface area contributed by atoms with E-state index in [2.05, 4.69) is 9.83 Å². The first-order valence-corrected chi connectivity index (χ1v) is 11.7. The molecule has 180 valence electrons. The number of ether oxygens (including phenoxy) is 2. The summed E-state index contributed by atoms with van der Waals surface area (Å²) >= 11 is 6.23. The molecular formula is C27H26ClN3O4. The third-order valence-electron chi connectivity index (χ3n) is 7.17. The number of aromatic nitrogens is 1. The molecule has 2 aliphatic rings. The summed E-state index contributed by atoms with van der Waals surface area (Å²) in [6.07, 6.45) is -1.23. The fourth-order valence-electron chi connectivity index (χ4n) is 5.95. The molecule has 0 unspecified atom stereocenters. The maximum absolute atomic E-state index is 12.7. The van der Waals surface area contributed by atoms with Gasteiger partial charge in [-0.2, -0.15) is 0 Å². The van der Waals surface area contributed by atoms with E-state index in [1.807, 2.05) is 61.5 Å². The van der Waals surface area contributed by atoms with E-state index in [-0.39, 0.29) is 23.0 Å². The molecule has 2 heterocycles. The smallest absolute Gasteiger partial charge is 0.319 e. The first kappa shape index (κ1) is 23.6. The Balaban J connectivity index is 1.87. The van der Waals surface area contributed by atoms with Crippen LogP contribution in [0.4, 0.5) is 5.82 Å². The zero-order chi connectivity index (χ0) is 25.0. The van der Waals surface area contributed by atoms with E-state index < -0.39 is 29.1 Å². The van der Waals surface area contributed by atoms with E-state index in [0.29, 0.717) is 17.1 Å². The van der Waals surface area contributed by atoms with Gasteiger partial charge in [-0.3, -0.25) is 0 Å². The average Bonchev–Trinajstić information content (AvgIpc) is 3.22. The van der Waals surface area contributed by atoms with Crippen molar-refractivity contribution < 1.29 is 19.7 Å². The van der Waals surface area contributed by atoms with Gasteiger partial charge in [0.15, 0.2) is 11.2 Å². The molecule has 8 heteroatoms. The highest BCUT2D eigenvalue weighted by Gasteiger charge is 2.77. The van der Waals surface area contributed by atoms with Crippen LogP contribution in [0.5, 0.6) is 11.6 Å². The van der Waals surface area contributed by atoms with Crippen LogP contribution in [-0.2, 0) is 11.2 Å². The molecule has 5 rings (SSSR count). The maximum Gasteiger partial charge on any atom is 0.319 e. The van der Waals surface area contributed by atoms with Crippen molar-refractivity contribution in [3.05, 3.63) is 93.8 Å². The van der Waals surface area contributed by atoms with Crippen LogP contribution in [0, 0.1) is 12.5 Å². The summed E-state index contributed by atoms with van der Waals surface area (Å²) in [5.41, 5.74) is -1.54. The van der Waals surface area contributed by atoms with Gasteiger partial charge in [0, 0.05) is 29.5 Å². The number of fused-ring (bicyclic) bond motifs is 3. The van der Waals surface area contributed by atoms with E-state index in [1.54, 1.807) is 12.1 Å². The number of nitrogens with zero attached hydrogens (tertiary/aromatic N) is 3. The molecule has 0 bridgehead atoms. The number of methoxy groups -OCH3 is 1. The van der Waals surface area contributed by atoms with E-state index in [4.69, 9.17) is 27.6 Å². The lowest BCUT2D eigenvalue weighted by Crippen LogP contribution is -2.52. The molecule has 1 aliphatic heterocycles. The van der Waals surface area contributed by atoms with E-state index in [1.165, 1.54) is 13.2 Å². The van der Waals surface area contributed by atoms with Crippen LogP contribution in [-0.4, -0.2) is 54.0 Å². The van der Waals surface area contributed by atoms with Crippen LogP contribution in [0.3, 0.4) is 0 Å². The molecule has 0 radical (unpaired) electrons. The largest absolute Gasteiger partial charge is 0.479 e. The summed E-state index contributed by atoms with van der Waals surface area (Å²) in [5.74, 6) is -0.468. The molecule has 1 aromatic heterocycles. The van der Waals surface area contributed by atoms with Crippen LogP contribution < -0.4 is 9.47 Å². The Kier molecular flexibility index (Phi) is 5.73. The molecule has 1 aliphatic carbocycles. The molecule has 3 aromatic rings. The van der Waals surface area contributed by atoms with Crippen LogP contribution in [0.25, 0.3) is 4.85 Å². The number of hydrogen-bond acceptors (Lipinski definition) is 6. The molecule has 0 spiro atoms. The number of pyridine rings is 1. The van der Waals surface area contributed by atoms with Crippen molar-refractivity contribution in [3.8, 4) is 11.6 Å². The first-order valence-electron chi connectivity index (χ1n) is 11.3. The average molecular weight is 492 g/mol. The molecule has 0 amide bonds. The van der Waals surface area contributed by atoms with E-state index in [9.17, 15) is 10.2 Å². The number of aliphatic hydroxyl groups is 2. The quantitative estimate of drug-likeness (QED) is 0.523. The standard InChI is InChI=1S/C27H26ClN3O4/c1-29-21-14-20-23(25(30-21)34-4)26(33)24(32)19(15-31(2)3)22(16-8-6-5-7-9-16)27(26,35-20)17-10-12-18(28)13-11-17/h5-14,19,22,24,32-33H,15H2,2-4H3/t19-,22-,24-,26+,27+/m1/s1. The van der Waals surface area contributed by atoms with Gasteiger partial charge in [0.2, 0.25) is 0 Å². The summed E-state index contributed by atoms with van der Waals surface area (Å²) in [4.78, 5) is 9.71. The normalized spacial score (nSPS) is 28.8. The fraction of sp³-hybridized carbons (Fsp3) is 0.333. The molecule has 1 fully saturated rings. The predicted molar refractivity (Wildman–Crippen MR) is 132 cm³/mol. The van der Waals surface area contributed by atoms with Crippen molar-refractivity contribution in [3.63, 3.8) is 0 Å². The topological polar surface area (TPSA) is 79.4 Å². The molecule has 35 heavy (non-hydrogen) atoms. The SMILES string of the molecule is [C-]#[N+]c1cc2c(c(OC)n1)[C@]1(O)[C@H](O)[C@H](CN(C)C)[C@@H](c3ccccc3)[C@]1(c1ccc(Cl)cc1)O2. The molecule has 0 saturated heterocycles. The van der Waals surface area contributed by atoms with Crippen molar-refractivity contribution >= 4 is 17.4 Å². The second-order valence-electron chi connectivity index (χ2n) is 9.34. The van der Waals surface area contributed by atoms with Gasteiger partial charge in [-0.05, 0) is 37.4 Å². The van der Waals surface area contributed by atoms with Crippen LogP contribution in [0.1, 0.15) is 22.6 Å². The predicted octanol–water partition coefficient (Wildman–Crippen LogP) is 4.11. The molecule has 7 nitrogen and oxygen atoms in total. The Labute approximate surface area is 209 Å². The number of hydrogen-bond donors (Lipinski definition) is 2. The van der Waals surface area contributed by atoms with Crippen molar-refractivity contribution in [2.45, 2.75) is 23.2 Å². The first-order chi connectivity index (χ1) is 16.8. The van der Waals surface area contributed by atoms with Crippen molar-refractivity contribution in [1.29, 1.82) is 0 Å². The third kappa shape index (κ3) is 3.25. The van der Waals surface area contributed by atoms with Gasteiger partial charge in [0.1, 0.15) is 11.3 Å². The van der Waals surface area contributed by atoms with Gasteiger partial charge in [0.25, 0.3) is 5.82 Å². The van der Waals surface area contributed by atoms with E-state index >= 15 is 0 Å². The van der Waals surface area contributed by atoms with Gasteiger partial charge < -0.3 is 29.4 Å². The Hall–Kier alpha value is -3.15. The molecule has 2 aromatic carbocycles. The Morgan fingerprint density at radius 2 is 1.86 bits per heavy atom. The fourth-order valence-corrected chi connectivity index (χ4v) is 6.07.